The van der Waals surface area contributed by atoms with Crippen molar-refractivity contribution in [3.63, 3.8) is 0 Å². The summed E-state index contributed by atoms with van der Waals surface area (Å²) in [4.78, 5) is 17.6. The number of amides is 1. The van der Waals surface area contributed by atoms with E-state index in [-0.39, 0.29) is 17.6 Å². The third kappa shape index (κ3) is 4.47. The molecule has 3 rings (SSSR count). The molecule has 0 atom stereocenters. The molecule has 27 heavy (non-hydrogen) atoms. The summed E-state index contributed by atoms with van der Waals surface area (Å²) in [7, 11) is 0. The molecule has 0 spiro atoms. The monoisotopic (exact) mass is 383 g/mol. The lowest BCUT2D eigenvalue weighted by Crippen LogP contribution is -2.41. The van der Waals surface area contributed by atoms with Crippen molar-refractivity contribution in [3.05, 3.63) is 35.7 Å². The summed E-state index contributed by atoms with van der Waals surface area (Å²) in [5, 5.41) is 3.81. The topological polar surface area (TPSA) is 68.5 Å². The molecule has 1 saturated heterocycles. The third-order valence-corrected chi connectivity index (χ3v) is 4.44. The minimum absolute atomic E-state index is 0.0394. The molecule has 6 nitrogen and oxygen atoms in total. The van der Waals surface area contributed by atoms with E-state index in [1.165, 1.54) is 0 Å². The van der Waals surface area contributed by atoms with Crippen LogP contribution in [-0.2, 0) is 22.7 Å². The predicted molar refractivity (Wildman–Crippen MR) is 89.3 cm³/mol. The molecular weight excluding hydrogens is 363 g/mol. The molecule has 1 aliphatic heterocycles. The Labute approximate surface area is 154 Å². The van der Waals surface area contributed by atoms with Gasteiger partial charge in [-0.15, -0.1) is 0 Å². The number of halogens is 3. The van der Waals surface area contributed by atoms with Crippen LogP contribution in [0.3, 0.4) is 0 Å². The fourth-order valence-corrected chi connectivity index (χ4v) is 2.66. The Bertz CT molecular complexity index is 817. The van der Waals surface area contributed by atoms with Gasteiger partial charge in [0.1, 0.15) is 6.61 Å². The van der Waals surface area contributed by atoms with Crippen molar-refractivity contribution in [2.75, 3.05) is 6.54 Å². The second-order valence-corrected chi connectivity index (χ2v) is 6.93. The van der Waals surface area contributed by atoms with E-state index < -0.39 is 18.4 Å². The van der Waals surface area contributed by atoms with Gasteiger partial charge in [-0.1, -0.05) is 23.4 Å². The normalized spacial score (nSPS) is 15.6. The molecule has 0 aliphatic carbocycles. The van der Waals surface area contributed by atoms with Crippen LogP contribution in [0.1, 0.15) is 38.1 Å². The minimum Gasteiger partial charge on any atom is -0.356 e. The van der Waals surface area contributed by atoms with Crippen LogP contribution in [0.25, 0.3) is 11.4 Å². The lowest BCUT2D eigenvalue weighted by Gasteiger charge is -2.27. The van der Waals surface area contributed by atoms with Crippen LogP contribution in [0.4, 0.5) is 13.2 Å². The van der Waals surface area contributed by atoms with Crippen molar-refractivity contribution < 1.29 is 27.2 Å². The Hall–Kier alpha value is -2.42. The first-order chi connectivity index (χ1) is 12.7. The summed E-state index contributed by atoms with van der Waals surface area (Å²) in [6, 6.07) is 7.31. The molecule has 9 heteroatoms. The van der Waals surface area contributed by atoms with Gasteiger partial charge < -0.3 is 14.2 Å². The first kappa shape index (κ1) is 19.3. The number of ether oxygens (including phenoxy) is 1. The van der Waals surface area contributed by atoms with Gasteiger partial charge in [0.2, 0.25) is 11.7 Å². The number of hydrogen-bond acceptors (Lipinski definition) is 5. The van der Waals surface area contributed by atoms with E-state index in [1.54, 1.807) is 11.0 Å². The predicted octanol–water partition coefficient (Wildman–Crippen LogP) is 3.72. The number of hydrogen-bond donors (Lipinski definition) is 0. The number of carbonyl (C=O) groups is 1. The van der Waals surface area contributed by atoms with Gasteiger partial charge in [-0.3, -0.25) is 4.79 Å². The zero-order valence-electron chi connectivity index (χ0n) is 15.0. The smallest absolute Gasteiger partial charge is 0.356 e. The molecule has 146 valence electrons. The number of likely N-dealkylation sites (tertiary alicyclic amines) is 1. The molecular formula is C18H20F3N3O3. The number of alkyl halides is 3. The Balaban J connectivity index is 1.67. The van der Waals surface area contributed by atoms with E-state index >= 15 is 0 Å². The summed E-state index contributed by atoms with van der Waals surface area (Å²) in [6.45, 7) is 2.67. The van der Waals surface area contributed by atoms with Crippen molar-refractivity contribution in [2.45, 2.75) is 51.6 Å². The maximum atomic E-state index is 12.8. The van der Waals surface area contributed by atoms with Crippen LogP contribution in [-0.4, -0.2) is 39.3 Å². The van der Waals surface area contributed by atoms with Gasteiger partial charge in [-0.2, -0.15) is 18.2 Å². The summed E-state index contributed by atoms with van der Waals surface area (Å²) < 4.78 is 48.4. The molecule has 1 aromatic heterocycles. The van der Waals surface area contributed by atoms with Gasteiger partial charge in [0.15, 0.2) is 5.60 Å². The first-order valence-corrected chi connectivity index (χ1v) is 8.56. The average Bonchev–Trinajstić information content (AvgIpc) is 3.22. The number of rotatable bonds is 6. The Morgan fingerprint density at radius 3 is 2.74 bits per heavy atom. The standard InChI is InChI=1S/C18H20F3N3O3/c1-17(2,18(19,20)21)26-11-14-22-16(23-27-14)13-6-3-5-12(9-13)10-24-8-4-7-15(24)25/h3,5-6,9H,4,7-8,10-11H2,1-2H3. The summed E-state index contributed by atoms with van der Waals surface area (Å²) in [6.07, 6.45) is -3.07. The molecule has 0 bridgehead atoms. The fraction of sp³-hybridized carbons (Fsp3) is 0.500. The molecule has 2 heterocycles. The molecule has 0 radical (unpaired) electrons. The molecule has 1 amide bonds. The van der Waals surface area contributed by atoms with Crippen LogP contribution >= 0.6 is 0 Å². The molecule has 0 saturated carbocycles. The summed E-state index contributed by atoms with van der Waals surface area (Å²) in [5.41, 5.74) is -0.739. The number of nitrogens with zero attached hydrogens (tertiary/aromatic N) is 3. The number of aromatic nitrogens is 2. The second-order valence-electron chi connectivity index (χ2n) is 6.93. The van der Waals surface area contributed by atoms with E-state index in [0.717, 1.165) is 32.4 Å². The van der Waals surface area contributed by atoms with Crippen molar-refractivity contribution >= 4 is 5.91 Å². The number of carbonyl (C=O) groups excluding carboxylic acids is 1. The quantitative estimate of drug-likeness (QED) is 0.761. The molecule has 1 aromatic carbocycles. The highest BCUT2D eigenvalue weighted by Crippen LogP contribution is 2.33. The van der Waals surface area contributed by atoms with Crippen molar-refractivity contribution in [1.82, 2.24) is 15.0 Å². The lowest BCUT2D eigenvalue weighted by atomic mass is 10.1. The number of benzene rings is 1. The first-order valence-electron chi connectivity index (χ1n) is 8.56. The molecule has 1 aliphatic rings. The van der Waals surface area contributed by atoms with Crippen molar-refractivity contribution in [3.8, 4) is 11.4 Å². The molecule has 1 fully saturated rings. The largest absolute Gasteiger partial charge is 0.416 e. The van der Waals surface area contributed by atoms with E-state index in [2.05, 4.69) is 10.1 Å². The van der Waals surface area contributed by atoms with E-state index in [4.69, 9.17) is 9.26 Å². The maximum absolute atomic E-state index is 12.8. The highest BCUT2D eigenvalue weighted by atomic mass is 19.4. The van der Waals surface area contributed by atoms with Crippen molar-refractivity contribution in [1.29, 1.82) is 0 Å². The second kappa shape index (κ2) is 7.30. The lowest BCUT2D eigenvalue weighted by molar-refractivity contribution is -0.268. The van der Waals surface area contributed by atoms with Crippen molar-refractivity contribution in [2.24, 2.45) is 0 Å². The zero-order valence-corrected chi connectivity index (χ0v) is 15.0. The fourth-order valence-electron chi connectivity index (χ4n) is 2.66. The SMILES string of the molecule is CC(C)(OCc1nc(-c2cccc(CN3CCCC3=O)c2)no1)C(F)(F)F. The Kier molecular flexibility index (Phi) is 5.23. The van der Waals surface area contributed by atoms with Crippen LogP contribution in [0.2, 0.25) is 0 Å². The third-order valence-electron chi connectivity index (χ3n) is 4.44. The van der Waals surface area contributed by atoms with Gasteiger partial charge in [0.05, 0.1) is 0 Å². The van der Waals surface area contributed by atoms with Gasteiger partial charge >= 0.3 is 6.18 Å². The van der Waals surface area contributed by atoms with Gasteiger partial charge in [0.25, 0.3) is 5.89 Å². The van der Waals surface area contributed by atoms with Gasteiger partial charge in [-0.25, -0.2) is 0 Å². The van der Waals surface area contributed by atoms with Gasteiger partial charge in [-0.05, 0) is 31.9 Å². The Morgan fingerprint density at radius 2 is 2.07 bits per heavy atom. The highest BCUT2D eigenvalue weighted by molar-refractivity contribution is 5.78. The average molecular weight is 383 g/mol. The summed E-state index contributed by atoms with van der Waals surface area (Å²) >= 11 is 0. The van der Waals surface area contributed by atoms with E-state index in [9.17, 15) is 18.0 Å². The van der Waals surface area contributed by atoms with Gasteiger partial charge in [0, 0.05) is 25.1 Å². The summed E-state index contributed by atoms with van der Waals surface area (Å²) in [5.74, 6) is 0.349. The van der Waals surface area contributed by atoms with Crippen LogP contribution in [0.15, 0.2) is 28.8 Å². The Morgan fingerprint density at radius 1 is 1.30 bits per heavy atom. The molecule has 0 N–H and O–H groups in total. The van der Waals surface area contributed by atoms with Crippen LogP contribution in [0.5, 0.6) is 0 Å². The molecule has 0 unspecified atom stereocenters. The molecule has 2 aromatic rings. The van der Waals surface area contributed by atoms with Crippen LogP contribution < -0.4 is 0 Å². The highest BCUT2D eigenvalue weighted by Gasteiger charge is 2.48. The zero-order chi connectivity index (χ0) is 19.7. The van der Waals surface area contributed by atoms with Crippen LogP contribution in [0, 0.1) is 0 Å². The van der Waals surface area contributed by atoms with E-state index in [1.807, 2.05) is 18.2 Å². The maximum Gasteiger partial charge on any atom is 0.416 e. The van der Waals surface area contributed by atoms with E-state index in [0.29, 0.717) is 18.5 Å². The minimum atomic E-state index is -4.50.